The zero-order chi connectivity index (χ0) is 19.8. The lowest BCUT2D eigenvalue weighted by molar-refractivity contribution is 0.0252. The van der Waals surface area contributed by atoms with E-state index in [4.69, 9.17) is 4.74 Å². The molecular weight excluding hydrogens is 332 g/mol. The number of ether oxygens (including phenoxy) is 1. The number of hydrogen-bond acceptors (Lipinski definition) is 1. The van der Waals surface area contributed by atoms with Gasteiger partial charge >= 0.3 is 0 Å². The van der Waals surface area contributed by atoms with Crippen molar-refractivity contribution in [3.05, 3.63) is 46.7 Å². The van der Waals surface area contributed by atoms with E-state index in [0.29, 0.717) is 0 Å². The minimum absolute atomic E-state index is 0.0889. The van der Waals surface area contributed by atoms with Crippen LogP contribution in [0.4, 0.5) is 0 Å². The fourth-order valence-electron chi connectivity index (χ4n) is 4.38. The molecule has 0 saturated carbocycles. The van der Waals surface area contributed by atoms with Crippen molar-refractivity contribution in [2.75, 3.05) is 6.61 Å². The highest BCUT2D eigenvalue weighted by Gasteiger charge is 2.55. The normalized spacial score (nSPS) is 24.4. The van der Waals surface area contributed by atoms with Gasteiger partial charge in [0.2, 0.25) is 0 Å². The average Bonchev–Trinajstić information content (AvgIpc) is 3.05. The van der Waals surface area contributed by atoms with Gasteiger partial charge in [-0.3, -0.25) is 0 Å². The van der Waals surface area contributed by atoms with Gasteiger partial charge in [-0.05, 0) is 41.2 Å². The minimum atomic E-state index is -1.88. The van der Waals surface area contributed by atoms with E-state index in [9.17, 15) is 0 Å². The van der Waals surface area contributed by atoms with Gasteiger partial charge in [0.05, 0.1) is 5.22 Å². The maximum absolute atomic E-state index is 6.87. The lowest BCUT2D eigenvalue weighted by atomic mass is 9.73. The molecule has 26 heavy (non-hydrogen) atoms. The fraction of sp³-hybridized carbons (Fsp3) is 0.667. The summed E-state index contributed by atoms with van der Waals surface area (Å²) in [4.78, 5) is 0. The van der Waals surface area contributed by atoms with E-state index in [0.717, 1.165) is 25.9 Å². The van der Waals surface area contributed by atoms with Gasteiger partial charge in [-0.25, -0.2) is 0 Å². The summed E-state index contributed by atoms with van der Waals surface area (Å²) in [6.45, 7) is 22.1. The first kappa shape index (κ1) is 21.4. The number of rotatable bonds is 5. The number of allylic oxidation sites excluding steroid dienone is 6. The molecule has 2 aliphatic carbocycles. The van der Waals surface area contributed by atoms with Gasteiger partial charge in [0.1, 0.15) is 8.07 Å². The smallest absolute Gasteiger partial charge is 0.122 e. The van der Waals surface area contributed by atoms with Crippen LogP contribution in [0.3, 0.4) is 0 Å². The van der Waals surface area contributed by atoms with Crippen LogP contribution in [0, 0.1) is 10.8 Å². The first-order chi connectivity index (χ1) is 11.9. The van der Waals surface area contributed by atoms with Crippen LogP contribution in [-0.2, 0) is 4.74 Å². The molecule has 0 saturated heterocycles. The van der Waals surface area contributed by atoms with Crippen molar-refractivity contribution in [2.45, 2.75) is 86.0 Å². The molecule has 0 aromatic heterocycles. The predicted molar refractivity (Wildman–Crippen MR) is 118 cm³/mol. The van der Waals surface area contributed by atoms with E-state index in [-0.39, 0.29) is 16.1 Å². The Labute approximate surface area is 163 Å². The van der Waals surface area contributed by atoms with Gasteiger partial charge in [-0.15, -0.1) is 0 Å². The Kier molecular flexibility index (Phi) is 6.00. The Morgan fingerprint density at radius 3 is 2.15 bits per heavy atom. The van der Waals surface area contributed by atoms with Crippen LogP contribution in [0.1, 0.15) is 67.7 Å². The van der Waals surface area contributed by atoms with E-state index in [2.05, 4.69) is 91.9 Å². The minimum Gasteiger partial charge on any atom is -0.373 e. The first-order valence-electron chi connectivity index (χ1n) is 10.3. The second-order valence-corrected chi connectivity index (χ2v) is 15.2. The van der Waals surface area contributed by atoms with Gasteiger partial charge in [-0.1, -0.05) is 97.1 Å². The third kappa shape index (κ3) is 3.87. The summed E-state index contributed by atoms with van der Waals surface area (Å²) >= 11 is 0. The zero-order valence-corrected chi connectivity index (χ0v) is 19.6. The Morgan fingerprint density at radius 2 is 1.69 bits per heavy atom. The van der Waals surface area contributed by atoms with E-state index in [1.54, 1.807) is 5.20 Å². The molecule has 0 N–H and O–H groups in total. The SMILES string of the molecule is CCCOC1([Si](C)(C)C2=CCC=C2)CC=C(C(C)(C)C)C=C1C(C)(C)C. The summed E-state index contributed by atoms with van der Waals surface area (Å²) < 4.78 is 6.87. The summed E-state index contributed by atoms with van der Waals surface area (Å²) in [6.07, 6.45) is 15.2. The molecule has 2 heteroatoms. The standard InChI is InChI=1S/C24H40OSi/c1-10-17-25-24(26(8,9)20-13-11-12-14-20)16-15-19(22(2,3)4)18-21(24)23(5,6)7/h11,13-15,18H,10,12,16-17H2,1-9H3. The van der Waals surface area contributed by atoms with Gasteiger partial charge in [0, 0.05) is 6.61 Å². The van der Waals surface area contributed by atoms with Crippen LogP contribution in [0.15, 0.2) is 46.7 Å². The molecule has 0 aromatic carbocycles. The molecule has 1 nitrogen and oxygen atoms in total. The third-order valence-electron chi connectivity index (χ3n) is 6.07. The van der Waals surface area contributed by atoms with E-state index >= 15 is 0 Å². The molecule has 0 radical (unpaired) electrons. The van der Waals surface area contributed by atoms with Crippen LogP contribution >= 0.6 is 0 Å². The molecule has 0 aliphatic heterocycles. The van der Waals surface area contributed by atoms with Crippen molar-refractivity contribution in [3.63, 3.8) is 0 Å². The van der Waals surface area contributed by atoms with Crippen LogP contribution in [0.25, 0.3) is 0 Å². The monoisotopic (exact) mass is 372 g/mol. The fourth-order valence-corrected chi connectivity index (χ4v) is 8.20. The van der Waals surface area contributed by atoms with Crippen LogP contribution in [-0.4, -0.2) is 19.9 Å². The first-order valence-corrected chi connectivity index (χ1v) is 13.3. The van der Waals surface area contributed by atoms with Crippen molar-refractivity contribution in [1.82, 2.24) is 0 Å². The lowest BCUT2D eigenvalue weighted by Gasteiger charge is -2.52. The Hall–Kier alpha value is -0.863. The molecule has 0 bridgehead atoms. The van der Waals surface area contributed by atoms with Crippen molar-refractivity contribution in [2.24, 2.45) is 10.8 Å². The van der Waals surface area contributed by atoms with Crippen LogP contribution < -0.4 is 0 Å². The highest BCUT2D eigenvalue weighted by Crippen LogP contribution is 2.51. The molecule has 0 aromatic rings. The molecule has 0 fully saturated rings. The molecule has 1 unspecified atom stereocenters. The van der Waals surface area contributed by atoms with Gasteiger partial charge < -0.3 is 4.74 Å². The molecular formula is C24H40OSi. The highest BCUT2D eigenvalue weighted by molar-refractivity contribution is 6.88. The molecule has 0 amide bonds. The van der Waals surface area contributed by atoms with Crippen molar-refractivity contribution < 1.29 is 4.74 Å². The summed E-state index contributed by atoms with van der Waals surface area (Å²) in [7, 11) is -1.88. The van der Waals surface area contributed by atoms with Crippen molar-refractivity contribution >= 4 is 8.07 Å². The Balaban J connectivity index is 2.65. The molecule has 2 rings (SSSR count). The lowest BCUT2D eigenvalue weighted by Crippen LogP contribution is -2.61. The van der Waals surface area contributed by atoms with Crippen LogP contribution in [0.2, 0.25) is 13.1 Å². The average molecular weight is 373 g/mol. The largest absolute Gasteiger partial charge is 0.373 e. The van der Waals surface area contributed by atoms with Crippen molar-refractivity contribution in [1.29, 1.82) is 0 Å². The highest BCUT2D eigenvalue weighted by atomic mass is 28.3. The molecule has 146 valence electrons. The second-order valence-electron chi connectivity index (χ2n) is 10.5. The molecule has 0 spiro atoms. The third-order valence-corrected chi connectivity index (χ3v) is 10.5. The topological polar surface area (TPSA) is 9.23 Å². The summed E-state index contributed by atoms with van der Waals surface area (Å²) in [5.74, 6) is 0. The quantitative estimate of drug-likeness (QED) is 0.465. The Bertz CT molecular complexity index is 647. The van der Waals surface area contributed by atoms with Crippen LogP contribution in [0.5, 0.6) is 0 Å². The van der Waals surface area contributed by atoms with Gasteiger partial charge in [0.25, 0.3) is 0 Å². The predicted octanol–water partition coefficient (Wildman–Crippen LogP) is 7.17. The van der Waals surface area contributed by atoms with Gasteiger partial charge in [-0.2, -0.15) is 0 Å². The number of hydrogen-bond donors (Lipinski definition) is 0. The molecule has 1 atom stereocenters. The van der Waals surface area contributed by atoms with Gasteiger partial charge in [0.15, 0.2) is 0 Å². The second kappa shape index (κ2) is 7.28. The Morgan fingerprint density at radius 1 is 1.04 bits per heavy atom. The van der Waals surface area contributed by atoms with Crippen molar-refractivity contribution in [3.8, 4) is 0 Å². The van der Waals surface area contributed by atoms with E-state index in [1.165, 1.54) is 11.1 Å². The van der Waals surface area contributed by atoms with E-state index in [1.807, 2.05) is 0 Å². The summed E-state index contributed by atoms with van der Waals surface area (Å²) in [5.41, 5.74) is 3.22. The summed E-state index contributed by atoms with van der Waals surface area (Å²) in [5, 5.41) is 1.40. The summed E-state index contributed by atoms with van der Waals surface area (Å²) in [6, 6.07) is 0. The molecule has 2 aliphatic rings. The maximum atomic E-state index is 6.87. The maximum Gasteiger partial charge on any atom is 0.122 e. The zero-order valence-electron chi connectivity index (χ0n) is 18.6. The van der Waals surface area contributed by atoms with E-state index < -0.39 is 8.07 Å². The molecule has 0 heterocycles.